The van der Waals surface area contributed by atoms with E-state index in [4.69, 9.17) is 0 Å². The van der Waals surface area contributed by atoms with Crippen molar-refractivity contribution in [2.45, 2.75) is 0 Å². The Morgan fingerprint density at radius 3 is 2.81 bits per heavy atom. The summed E-state index contributed by atoms with van der Waals surface area (Å²) in [5.74, 6) is -0.355. The van der Waals surface area contributed by atoms with Crippen molar-refractivity contribution in [1.82, 2.24) is 4.98 Å². The van der Waals surface area contributed by atoms with Crippen molar-refractivity contribution >= 4 is 50.1 Å². The summed E-state index contributed by atoms with van der Waals surface area (Å²) in [5, 5.41) is 15.8. The molecule has 1 aromatic heterocycles. The number of nitrogens with zero attached hydrogens (tertiary/aromatic N) is 2. The maximum absolute atomic E-state index is 12.0. The summed E-state index contributed by atoms with van der Waals surface area (Å²) in [6.07, 6.45) is 2.84. The van der Waals surface area contributed by atoms with Gasteiger partial charge in [-0.15, -0.1) is 11.3 Å². The number of amides is 1. The fourth-order valence-corrected chi connectivity index (χ4v) is 3.29. The number of aromatic nitrogens is 1. The van der Waals surface area contributed by atoms with Crippen LogP contribution in [0.3, 0.4) is 0 Å². The first-order valence-electron chi connectivity index (χ1n) is 7.46. The third-order valence-electron chi connectivity index (χ3n) is 3.36. The number of hydrogen-bond donors (Lipinski definition) is 1. The van der Waals surface area contributed by atoms with Gasteiger partial charge in [0.15, 0.2) is 5.13 Å². The molecule has 3 aromatic rings. The fraction of sp³-hybridized carbons (Fsp3) is 0. The van der Waals surface area contributed by atoms with E-state index in [-0.39, 0.29) is 11.6 Å². The minimum atomic E-state index is -0.476. The topological polar surface area (TPSA) is 85.1 Å². The van der Waals surface area contributed by atoms with Gasteiger partial charge < -0.3 is 0 Å². The lowest BCUT2D eigenvalue weighted by Crippen LogP contribution is -2.07. The van der Waals surface area contributed by atoms with E-state index in [1.54, 1.807) is 12.1 Å². The van der Waals surface area contributed by atoms with Crippen LogP contribution in [-0.2, 0) is 4.79 Å². The van der Waals surface area contributed by atoms with Gasteiger partial charge in [0.2, 0.25) is 5.91 Å². The van der Waals surface area contributed by atoms with Gasteiger partial charge in [0.25, 0.3) is 5.69 Å². The van der Waals surface area contributed by atoms with E-state index in [2.05, 4.69) is 26.2 Å². The third-order valence-corrected chi connectivity index (χ3v) is 4.61. The molecule has 0 spiro atoms. The molecule has 0 radical (unpaired) electrons. The molecule has 0 atom stereocenters. The molecule has 0 aliphatic rings. The average Bonchev–Trinajstić information content (AvgIpc) is 3.09. The first-order valence-corrected chi connectivity index (χ1v) is 9.13. The molecular weight excluding hydrogens is 418 g/mol. The molecule has 26 heavy (non-hydrogen) atoms. The van der Waals surface area contributed by atoms with Crippen LogP contribution >= 0.6 is 27.3 Å². The predicted octanol–water partition coefficient (Wildman–Crippen LogP) is 5.13. The van der Waals surface area contributed by atoms with Gasteiger partial charge in [0, 0.05) is 33.6 Å². The highest BCUT2D eigenvalue weighted by Gasteiger charge is 2.07. The molecule has 2 aromatic carbocycles. The molecule has 130 valence electrons. The molecule has 0 saturated heterocycles. The second-order valence-electron chi connectivity index (χ2n) is 5.22. The van der Waals surface area contributed by atoms with Gasteiger partial charge in [-0.3, -0.25) is 20.2 Å². The Morgan fingerprint density at radius 1 is 1.23 bits per heavy atom. The predicted molar refractivity (Wildman–Crippen MR) is 106 cm³/mol. The highest BCUT2D eigenvalue weighted by molar-refractivity contribution is 9.10. The number of thiazole rings is 1. The maximum atomic E-state index is 12.0. The lowest BCUT2D eigenvalue weighted by molar-refractivity contribution is -0.384. The zero-order valence-corrected chi connectivity index (χ0v) is 15.7. The van der Waals surface area contributed by atoms with E-state index < -0.39 is 4.92 Å². The molecule has 6 nitrogen and oxygen atoms in total. The highest BCUT2D eigenvalue weighted by atomic mass is 79.9. The minimum Gasteiger partial charge on any atom is -0.298 e. The van der Waals surface area contributed by atoms with Crippen LogP contribution in [0.2, 0.25) is 0 Å². The van der Waals surface area contributed by atoms with Gasteiger partial charge in [0.1, 0.15) is 0 Å². The number of benzene rings is 2. The summed E-state index contributed by atoms with van der Waals surface area (Å²) < 4.78 is 0.952. The number of non-ortho nitro benzene ring substituents is 1. The van der Waals surface area contributed by atoms with Crippen molar-refractivity contribution in [1.29, 1.82) is 0 Å². The zero-order valence-electron chi connectivity index (χ0n) is 13.3. The van der Waals surface area contributed by atoms with E-state index in [0.29, 0.717) is 10.7 Å². The smallest absolute Gasteiger partial charge is 0.270 e. The lowest BCUT2D eigenvalue weighted by atomic mass is 10.2. The average molecular weight is 430 g/mol. The van der Waals surface area contributed by atoms with Crippen molar-refractivity contribution in [3.8, 4) is 11.3 Å². The van der Waals surface area contributed by atoms with Crippen LogP contribution in [0.4, 0.5) is 10.8 Å². The highest BCUT2D eigenvalue weighted by Crippen LogP contribution is 2.26. The summed E-state index contributed by atoms with van der Waals surface area (Å²) >= 11 is 4.74. The van der Waals surface area contributed by atoms with Gasteiger partial charge in [-0.2, -0.15) is 0 Å². The monoisotopic (exact) mass is 429 g/mol. The quantitative estimate of drug-likeness (QED) is 0.345. The van der Waals surface area contributed by atoms with E-state index in [9.17, 15) is 14.9 Å². The largest absolute Gasteiger partial charge is 0.298 e. The zero-order chi connectivity index (χ0) is 18.5. The van der Waals surface area contributed by atoms with Crippen LogP contribution in [0.15, 0.2) is 64.5 Å². The molecule has 0 bridgehead atoms. The molecule has 0 unspecified atom stereocenters. The van der Waals surface area contributed by atoms with Crippen LogP contribution in [-0.4, -0.2) is 15.8 Å². The molecule has 3 rings (SSSR count). The Hall–Kier alpha value is -2.84. The summed E-state index contributed by atoms with van der Waals surface area (Å²) in [7, 11) is 0. The summed E-state index contributed by atoms with van der Waals surface area (Å²) in [5.41, 5.74) is 2.27. The molecular formula is C18H12BrN3O3S. The van der Waals surface area contributed by atoms with Crippen molar-refractivity contribution in [2.75, 3.05) is 5.32 Å². The summed E-state index contributed by atoms with van der Waals surface area (Å²) in [6.45, 7) is 0. The number of hydrogen-bond acceptors (Lipinski definition) is 5. The summed E-state index contributed by atoms with van der Waals surface area (Å²) in [6, 6.07) is 13.8. The second-order valence-corrected chi connectivity index (χ2v) is 7.00. The number of halogens is 1. The SMILES string of the molecule is O=C(C=Cc1cccc([N+](=O)[O-])c1)Nc1nc(-c2cccc(Br)c2)cs1. The van der Waals surface area contributed by atoms with Crippen LogP contribution in [0.1, 0.15) is 5.56 Å². The number of carbonyl (C=O) groups is 1. The Bertz CT molecular complexity index is 1000. The minimum absolute atomic E-state index is 0.0221. The Morgan fingerprint density at radius 2 is 2.04 bits per heavy atom. The molecule has 0 aliphatic carbocycles. The molecule has 0 aliphatic heterocycles. The summed E-state index contributed by atoms with van der Waals surface area (Å²) in [4.78, 5) is 26.7. The van der Waals surface area contributed by atoms with Gasteiger partial charge in [-0.25, -0.2) is 4.98 Å². The van der Waals surface area contributed by atoms with Crippen LogP contribution < -0.4 is 5.32 Å². The van der Waals surface area contributed by atoms with E-state index in [1.165, 1.54) is 35.6 Å². The normalized spacial score (nSPS) is 10.8. The molecule has 1 N–H and O–H groups in total. The van der Waals surface area contributed by atoms with E-state index in [0.717, 1.165) is 15.7 Å². The molecule has 0 fully saturated rings. The number of rotatable bonds is 5. The molecule has 0 saturated carbocycles. The van der Waals surface area contributed by atoms with Gasteiger partial charge in [-0.1, -0.05) is 40.2 Å². The number of nitrogens with one attached hydrogen (secondary N) is 1. The third kappa shape index (κ3) is 4.62. The molecule has 1 heterocycles. The Labute approximate surface area is 161 Å². The van der Waals surface area contributed by atoms with Crippen LogP contribution in [0.5, 0.6) is 0 Å². The van der Waals surface area contributed by atoms with Gasteiger partial charge in [0.05, 0.1) is 10.6 Å². The van der Waals surface area contributed by atoms with E-state index in [1.807, 2.05) is 29.6 Å². The Balaban J connectivity index is 1.67. The first-order chi connectivity index (χ1) is 12.5. The maximum Gasteiger partial charge on any atom is 0.270 e. The van der Waals surface area contributed by atoms with Crippen molar-refractivity contribution in [3.05, 3.63) is 80.1 Å². The second kappa shape index (κ2) is 8.03. The fourth-order valence-electron chi connectivity index (χ4n) is 2.17. The van der Waals surface area contributed by atoms with Crippen molar-refractivity contribution in [3.63, 3.8) is 0 Å². The molecule has 8 heteroatoms. The number of anilines is 1. The van der Waals surface area contributed by atoms with Crippen molar-refractivity contribution < 1.29 is 9.72 Å². The first kappa shape index (κ1) is 18.0. The Kier molecular flexibility index (Phi) is 5.55. The van der Waals surface area contributed by atoms with Crippen LogP contribution in [0, 0.1) is 10.1 Å². The van der Waals surface area contributed by atoms with Crippen molar-refractivity contribution in [2.24, 2.45) is 0 Å². The number of nitro benzene ring substituents is 1. The number of nitro groups is 1. The van der Waals surface area contributed by atoms with Gasteiger partial charge in [-0.05, 0) is 23.8 Å². The van der Waals surface area contributed by atoms with Crippen LogP contribution in [0.25, 0.3) is 17.3 Å². The molecule has 1 amide bonds. The standard InChI is InChI=1S/C18H12BrN3O3S/c19-14-5-2-4-13(10-14)16-11-26-18(20-16)21-17(23)8-7-12-3-1-6-15(9-12)22(24)25/h1-11H,(H,20,21,23). The van der Waals surface area contributed by atoms with E-state index >= 15 is 0 Å². The van der Waals surface area contributed by atoms with Gasteiger partial charge >= 0.3 is 0 Å². The lowest BCUT2D eigenvalue weighted by Gasteiger charge is -1.98. The number of carbonyl (C=O) groups excluding carboxylic acids is 1.